The second-order valence-corrected chi connectivity index (χ2v) is 3.96. The van der Waals surface area contributed by atoms with Crippen molar-refractivity contribution in [2.45, 2.75) is 13.5 Å². The molecule has 0 aliphatic carbocycles. The minimum Gasteiger partial charge on any atom is -0.463 e. The number of hydrogen-bond acceptors (Lipinski definition) is 4. The Hall–Kier alpha value is -2.37. The van der Waals surface area contributed by atoms with E-state index in [0.717, 1.165) is 11.3 Å². The highest BCUT2D eigenvalue weighted by Gasteiger charge is 2.09. The molecule has 2 aromatic rings. The standard InChI is InChI=1S/C12H13N3O3/c1-8-3-9(6-18-7-16)4-11(14-8)10-5-13-15(2)12(10)17/h3-5,7,13H,6H2,1-2H3. The SMILES string of the molecule is Cc1cc(COC=O)cc(-c2c[nH]n(C)c2=O)n1. The fraction of sp³-hybridized carbons (Fsp3) is 0.250. The minimum atomic E-state index is -0.143. The summed E-state index contributed by atoms with van der Waals surface area (Å²) in [6, 6.07) is 3.55. The van der Waals surface area contributed by atoms with Gasteiger partial charge in [-0.1, -0.05) is 0 Å². The van der Waals surface area contributed by atoms with Gasteiger partial charge in [-0.05, 0) is 24.6 Å². The highest BCUT2D eigenvalue weighted by Crippen LogP contribution is 2.15. The number of rotatable bonds is 4. The topological polar surface area (TPSA) is 77.0 Å². The predicted molar refractivity (Wildman–Crippen MR) is 64.9 cm³/mol. The van der Waals surface area contributed by atoms with E-state index in [9.17, 15) is 9.59 Å². The van der Waals surface area contributed by atoms with Crippen LogP contribution in [0, 0.1) is 6.92 Å². The van der Waals surface area contributed by atoms with E-state index in [-0.39, 0.29) is 12.2 Å². The van der Waals surface area contributed by atoms with Crippen molar-refractivity contribution in [1.29, 1.82) is 0 Å². The molecule has 1 N–H and O–H groups in total. The zero-order valence-corrected chi connectivity index (χ0v) is 10.1. The zero-order valence-electron chi connectivity index (χ0n) is 10.1. The summed E-state index contributed by atoms with van der Waals surface area (Å²) in [5.74, 6) is 0. The summed E-state index contributed by atoms with van der Waals surface area (Å²) in [5.41, 5.74) is 2.48. The monoisotopic (exact) mass is 247 g/mol. The summed E-state index contributed by atoms with van der Waals surface area (Å²) in [4.78, 5) is 26.3. The summed E-state index contributed by atoms with van der Waals surface area (Å²) < 4.78 is 6.08. The van der Waals surface area contributed by atoms with Gasteiger partial charge in [-0.25, -0.2) is 0 Å². The molecule has 0 fully saturated rings. The summed E-state index contributed by atoms with van der Waals surface area (Å²) in [6.07, 6.45) is 1.61. The van der Waals surface area contributed by atoms with E-state index in [4.69, 9.17) is 4.74 Å². The minimum absolute atomic E-state index is 0.143. The lowest BCUT2D eigenvalue weighted by molar-refractivity contribution is -0.129. The average molecular weight is 247 g/mol. The molecule has 0 unspecified atom stereocenters. The smallest absolute Gasteiger partial charge is 0.293 e. The second-order valence-electron chi connectivity index (χ2n) is 3.96. The third-order valence-corrected chi connectivity index (χ3v) is 2.54. The van der Waals surface area contributed by atoms with E-state index in [0.29, 0.717) is 17.7 Å². The Labute approximate surface area is 103 Å². The van der Waals surface area contributed by atoms with Gasteiger partial charge >= 0.3 is 0 Å². The number of nitrogens with one attached hydrogen (secondary N) is 1. The number of aromatic nitrogens is 3. The lowest BCUT2D eigenvalue weighted by atomic mass is 10.1. The maximum absolute atomic E-state index is 11.8. The first-order valence-corrected chi connectivity index (χ1v) is 5.39. The molecule has 2 aromatic heterocycles. The van der Waals surface area contributed by atoms with E-state index in [1.54, 1.807) is 19.3 Å². The Morgan fingerprint density at radius 3 is 2.89 bits per heavy atom. The van der Waals surface area contributed by atoms with Crippen molar-refractivity contribution in [3.05, 3.63) is 39.9 Å². The summed E-state index contributed by atoms with van der Waals surface area (Å²) in [5, 5.41) is 2.79. The number of aryl methyl sites for hydroxylation is 2. The Kier molecular flexibility index (Phi) is 3.27. The molecule has 94 valence electrons. The first kappa shape index (κ1) is 12.1. The number of hydrogen-bond donors (Lipinski definition) is 1. The van der Waals surface area contributed by atoms with Gasteiger partial charge in [0.15, 0.2) is 0 Å². The fourth-order valence-corrected chi connectivity index (χ4v) is 1.74. The predicted octanol–water partition coefficient (Wildman–Crippen LogP) is 0.757. The molecule has 2 rings (SSSR count). The fourth-order valence-electron chi connectivity index (χ4n) is 1.74. The van der Waals surface area contributed by atoms with Crippen LogP contribution in [0.2, 0.25) is 0 Å². The van der Waals surface area contributed by atoms with E-state index in [1.807, 2.05) is 13.0 Å². The normalized spacial score (nSPS) is 10.3. The molecule has 0 aromatic carbocycles. The molecule has 0 bridgehead atoms. The molecular formula is C12H13N3O3. The number of aromatic amines is 1. The van der Waals surface area contributed by atoms with Gasteiger partial charge in [0.25, 0.3) is 12.0 Å². The van der Waals surface area contributed by atoms with Gasteiger partial charge in [0.1, 0.15) is 6.61 Å². The maximum Gasteiger partial charge on any atom is 0.293 e. The number of carbonyl (C=O) groups excluding carboxylic acids is 1. The average Bonchev–Trinajstić information content (AvgIpc) is 2.67. The van der Waals surface area contributed by atoms with E-state index < -0.39 is 0 Å². The lowest BCUT2D eigenvalue weighted by Crippen LogP contribution is -2.13. The Balaban J connectivity index is 2.45. The van der Waals surface area contributed by atoms with Crippen LogP contribution in [0.15, 0.2) is 23.1 Å². The van der Waals surface area contributed by atoms with Crippen molar-refractivity contribution in [1.82, 2.24) is 14.8 Å². The van der Waals surface area contributed by atoms with Crippen molar-refractivity contribution in [2.75, 3.05) is 0 Å². The van der Waals surface area contributed by atoms with Crippen LogP contribution >= 0.6 is 0 Å². The lowest BCUT2D eigenvalue weighted by Gasteiger charge is -2.04. The molecule has 0 amide bonds. The zero-order chi connectivity index (χ0) is 13.1. The molecule has 0 radical (unpaired) electrons. The van der Waals surface area contributed by atoms with Crippen LogP contribution in [0.4, 0.5) is 0 Å². The Bertz CT molecular complexity index is 628. The Morgan fingerprint density at radius 1 is 1.50 bits per heavy atom. The number of pyridine rings is 1. The van der Waals surface area contributed by atoms with Gasteiger partial charge in [0.05, 0.1) is 11.3 Å². The van der Waals surface area contributed by atoms with E-state index in [2.05, 4.69) is 10.1 Å². The summed E-state index contributed by atoms with van der Waals surface area (Å²) in [7, 11) is 1.64. The number of nitrogens with zero attached hydrogens (tertiary/aromatic N) is 2. The quantitative estimate of drug-likeness (QED) is 0.809. The maximum atomic E-state index is 11.8. The molecule has 0 saturated carbocycles. The van der Waals surface area contributed by atoms with Crippen LogP contribution in [0.1, 0.15) is 11.3 Å². The van der Waals surface area contributed by atoms with Crippen LogP contribution in [0.25, 0.3) is 11.3 Å². The molecule has 6 nitrogen and oxygen atoms in total. The van der Waals surface area contributed by atoms with Gasteiger partial charge < -0.3 is 9.84 Å². The van der Waals surface area contributed by atoms with Crippen molar-refractivity contribution >= 4 is 6.47 Å². The van der Waals surface area contributed by atoms with Gasteiger partial charge in [0.2, 0.25) is 0 Å². The number of carbonyl (C=O) groups is 1. The summed E-state index contributed by atoms with van der Waals surface area (Å²) >= 11 is 0. The number of ether oxygens (including phenoxy) is 1. The van der Waals surface area contributed by atoms with Crippen molar-refractivity contribution in [3.63, 3.8) is 0 Å². The Morgan fingerprint density at radius 2 is 2.28 bits per heavy atom. The van der Waals surface area contributed by atoms with Crippen LogP contribution in [-0.2, 0) is 23.2 Å². The van der Waals surface area contributed by atoms with E-state index >= 15 is 0 Å². The molecule has 2 heterocycles. The molecule has 0 saturated heterocycles. The highest BCUT2D eigenvalue weighted by molar-refractivity contribution is 5.58. The first-order chi connectivity index (χ1) is 8.61. The van der Waals surface area contributed by atoms with Crippen LogP contribution < -0.4 is 5.56 Å². The van der Waals surface area contributed by atoms with Gasteiger partial charge in [0, 0.05) is 18.9 Å². The molecule has 18 heavy (non-hydrogen) atoms. The van der Waals surface area contributed by atoms with Crippen LogP contribution in [-0.4, -0.2) is 21.2 Å². The van der Waals surface area contributed by atoms with Crippen LogP contribution in [0.3, 0.4) is 0 Å². The third-order valence-electron chi connectivity index (χ3n) is 2.54. The summed E-state index contributed by atoms with van der Waals surface area (Å²) in [6.45, 7) is 2.39. The van der Waals surface area contributed by atoms with E-state index in [1.165, 1.54) is 4.68 Å². The van der Waals surface area contributed by atoms with Gasteiger partial charge in [-0.2, -0.15) is 0 Å². The second kappa shape index (κ2) is 4.87. The van der Waals surface area contributed by atoms with Gasteiger partial charge in [-0.3, -0.25) is 19.3 Å². The van der Waals surface area contributed by atoms with Crippen molar-refractivity contribution < 1.29 is 9.53 Å². The molecule has 0 aliphatic heterocycles. The highest BCUT2D eigenvalue weighted by atomic mass is 16.5. The first-order valence-electron chi connectivity index (χ1n) is 5.39. The molecule has 0 aliphatic rings. The number of H-pyrrole nitrogens is 1. The van der Waals surface area contributed by atoms with Crippen molar-refractivity contribution in [3.8, 4) is 11.3 Å². The molecule has 0 spiro atoms. The third kappa shape index (κ3) is 2.32. The largest absolute Gasteiger partial charge is 0.463 e. The van der Waals surface area contributed by atoms with Gasteiger partial charge in [-0.15, -0.1) is 0 Å². The van der Waals surface area contributed by atoms with Crippen molar-refractivity contribution in [2.24, 2.45) is 7.05 Å². The molecular weight excluding hydrogens is 234 g/mol. The molecule has 6 heteroatoms. The van der Waals surface area contributed by atoms with Crippen LogP contribution in [0.5, 0.6) is 0 Å². The molecule has 0 atom stereocenters.